The van der Waals surface area contributed by atoms with Crippen LogP contribution in [0.3, 0.4) is 0 Å². The third-order valence-corrected chi connectivity index (χ3v) is 5.89. The second-order valence-electron chi connectivity index (χ2n) is 5.93. The lowest BCUT2D eigenvalue weighted by molar-refractivity contribution is -0.119. The number of hydrogen-bond donors (Lipinski definition) is 1. The van der Waals surface area contributed by atoms with Gasteiger partial charge in [0.1, 0.15) is 12.4 Å². The molecule has 0 bridgehead atoms. The molecule has 0 unspecified atom stereocenters. The molecule has 0 aliphatic carbocycles. The molecule has 2 aromatic carbocycles. The summed E-state index contributed by atoms with van der Waals surface area (Å²) < 4.78 is 41.2. The SMILES string of the molecule is C=CCNC(=O)CN(c1ccc(F)cc1)S(=O)(=O)c1cccc2cnccc12. The summed E-state index contributed by atoms with van der Waals surface area (Å²) in [6.07, 6.45) is 4.56. The molecule has 0 aliphatic rings. The van der Waals surface area contributed by atoms with Gasteiger partial charge in [-0.05, 0) is 36.4 Å². The van der Waals surface area contributed by atoms with Gasteiger partial charge in [0.15, 0.2) is 0 Å². The van der Waals surface area contributed by atoms with Crippen LogP contribution in [0.15, 0.2) is 78.5 Å². The minimum absolute atomic E-state index is 0.0354. The molecule has 6 nitrogen and oxygen atoms in total. The van der Waals surface area contributed by atoms with Crippen LogP contribution in [-0.4, -0.2) is 32.4 Å². The molecule has 3 rings (SSSR count). The average molecular weight is 399 g/mol. The predicted octanol–water partition coefficient (Wildman–Crippen LogP) is 2.87. The first kappa shape index (κ1) is 19.5. The molecular weight excluding hydrogens is 381 g/mol. The molecule has 1 heterocycles. The van der Waals surface area contributed by atoms with E-state index in [0.29, 0.717) is 10.8 Å². The topological polar surface area (TPSA) is 79.4 Å². The first-order chi connectivity index (χ1) is 13.4. The maximum atomic E-state index is 13.5. The van der Waals surface area contributed by atoms with Crippen molar-refractivity contribution in [3.63, 3.8) is 0 Å². The van der Waals surface area contributed by atoms with E-state index in [4.69, 9.17) is 0 Å². The quantitative estimate of drug-likeness (QED) is 0.620. The van der Waals surface area contributed by atoms with Crippen LogP contribution in [0.5, 0.6) is 0 Å². The fourth-order valence-corrected chi connectivity index (χ4v) is 4.37. The summed E-state index contributed by atoms with van der Waals surface area (Å²) in [5.41, 5.74) is 0.182. The van der Waals surface area contributed by atoms with Crippen LogP contribution < -0.4 is 9.62 Å². The van der Waals surface area contributed by atoms with Gasteiger partial charge in [-0.15, -0.1) is 6.58 Å². The van der Waals surface area contributed by atoms with Crippen molar-refractivity contribution in [2.75, 3.05) is 17.4 Å². The summed E-state index contributed by atoms with van der Waals surface area (Å²) >= 11 is 0. The Kier molecular flexibility index (Phi) is 5.70. The molecule has 8 heteroatoms. The molecule has 0 fully saturated rings. The van der Waals surface area contributed by atoms with Gasteiger partial charge in [0.05, 0.1) is 10.6 Å². The first-order valence-electron chi connectivity index (χ1n) is 8.42. The molecule has 0 saturated carbocycles. The van der Waals surface area contributed by atoms with E-state index in [9.17, 15) is 17.6 Å². The Balaban J connectivity index is 2.10. The molecule has 1 amide bonds. The van der Waals surface area contributed by atoms with Crippen molar-refractivity contribution in [1.82, 2.24) is 10.3 Å². The molecule has 0 saturated heterocycles. The largest absolute Gasteiger partial charge is 0.351 e. The number of halogens is 1. The highest BCUT2D eigenvalue weighted by molar-refractivity contribution is 7.93. The lowest BCUT2D eigenvalue weighted by atomic mass is 10.2. The maximum Gasteiger partial charge on any atom is 0.265 e. The molecule has 0 aliphatic heterocycles. The van der Waals surface area contributed by atoms with Gasteiger partial charge in [0, 0.05) is 29.7 Å². The van der Waals surface area contributed by atoms with Gasteiger partial charge >= 0.3 is 0 Å². The van der Waals surface area contributed by atoms with E-state index in [1.54, 1.807) is 24.4 Å². The summed E-state index contributed by atoms with van der Waals surface area (Å²) in [6.45, 7) is 3.27. The van der Waals surface area contributed by atoms with E-state index in [-0.39, 0.29) is 17.1 Å². The van der Waals surface area contributed by atoms with Crippen LogP contribution in [-0.2, 0) is 14.8 Å². The number of fused-ring (bicyclic) bond motifs is 1. The number of pyridine rings is 1. The molecule has 144 valence electrons. The third-order valence-electron chi connectivity index (χ3n) is 4.05. The van der Waals surface area contributed by atoms with Crippen molar-refractivity contribution in [1.29, 1.82) is 0 Å². The zero-order valence-electron chi connectivity index (χ0n) is 14.9. The Morgan fingerprint density at radius 2 is 1.93 bits per heavy atom. The fourth-order valence-electron chi connectivity index (χ4n) is 2.73. The molecule has 0 radical (unpaired) electrons. The highest BCUT2D eigenvalue weighted by Gasteiger charge is 2.28. The van der Waals surface area contributed by atoms with Gasteiger partial charge in [0.2, 0.25) is 5.91 Å². The average Bonchev–Trinajstić information content (AvgIpc) is 2.70. The van der Waals surface area contributed by atoms with Crippen molar-refractivity contribution in [2.24, 2.45) is 0 Å². The van der Waals surface area contributed by atoms with Gasteiger partial charge in [-0.1, -0.05) is 18.2 Å². The molecule has 28 heavy (non-hydrogen) atoms. The number of sulfonamides is 1. The number of amides is 1. The van der Waals surface area contributed by atoms with Crippen molar-refractivity contribution < 1.29 is 17.6 Å². The number of rotatable bonds is 7. The van der Waals surface area contributed by atoms with Crippen LogP contribution in [0.4, 0.5) is 10.1 Å². The number of nitrogens with zero attached hydrogens (tertiary/aromatic N) is 2. The second-order valence-corrected chi connectivity index (χ2v) is 7.76. The lowest BCUT2D eigenvalue weighted by Gasteiger charge is -2.24. The van der Waals surface area contributed by atoms with E-state index >= 15 is 0 Å². The molecule has 3 aromatic rings. The van der Waals surface area contributed by atoms with Gasteiger partial charge < -0.3 is 5.32 Å². The van der Waals surface area contributed by atoms with Crippen molar-refractivity contribution in [3.05, 3.63) is 79.4 Å². The van der Waals surface area contributed by atoms with Crippen LogP contribution in [0.1, 0.15) is 0 Å². The van der Waals surface area contributed by atoms with Gasteiger partial charge in [-0.2, -0.15) is 0 Å². The minimum Gasteiger partial charge on any atom is -0.351 e. The van der Waals surface area contributed by atoms with Gasteiger partial charge in [-0.25, -0.2) is 12.8 Å². The predicted molar refractivity (Wildman–Crippen MR) is 106 cm³/mol. The fraction of sp³-hybridized carbons (Fsp3) is 0.100. The lowest BCUT2D eigenvalue weighted by Crippen LogP contribution is -2.41. The molecule has 0 atom stereocenters. The highest BCUT2D eigenvalue weighted by Crippen LogP contribution is 2.28. The zero-order valence-corrected chi connectivity index (χ0v) is 15.7. The normalized spacial score (nSPS) is 11.2. The van der Waals surface area contributed by atoms with Gasteiger partial charge in [0.25, 0.3) is 10.0 Å². The van der Waals surface area contributed by atoms with Crippen molar-refractivity contribution in [2.45, 2.75) is 4.90 Å². The first-order valence-corrected chi connectivity index (χ1v) is 9.86. The van der Waals surface area contributed by atoms with Crippen LogP contribution >= 0.6 is 0 Å². The minimum atomic E-state index is -4.12. The number of carbonyl (C=O) groups excluding carboxylic acids is 1. The van der Waals surface area contributed by atoms with Crippen LogP contribution in [0, 0.1) is 5.82 Å². The molecule has 0 spiro atoms. The highest BCUT2D eigenvalue weighted by atomic mass is 32.2. The summed E-state index contributed by atoms with van der Waals surface area (Å²) in [7, 11) is -4.12. The van der Waals surface area contributed by atoms with E-state index in [2.05, 4.69) is 16.9 Å². The number of anilines is 1. The van der Waals surface area contributed by atoms with Gasteiger partial charge in [-0.3, -0.25) is 14.1 Å². The standard InChI is InChI=1S/C20H18FN3O3S/c1-2-11-23-20(25)14-24(17-8-6-16(21)7-9-17)28(26,27)19-5-3-4-15-13-22-12-10-18(15)19/h2-10,12-13H,1,11,14H2,(H,23,25). The van der Waals surface area contributed by atoms with E-state index < -0.39 is 28.3 Å². The molecule has 1 N–H and O–H groups in total. The number of benzene rings is 2. The van der Waals surface area contributed by atoms with E-state index in [0.717, 1.165) is 16.4 Å². The second kappa shape index (κ2) is 8.18. The number of hydrogen-bond acceptors (Lipinski definition) is 4. The Labute approximate surface area is 162 Å². The van der Waals surface area contributed by atoms with E-state index in [1.807, 2.05) is 0 Å². The van der Waals surface area contributed by atoms with Crippen molar-refractivity contribution >= 4 is 32.4 Å². The van der Waals surface area contributed by atoms with Crippen molar-refractivity contribution in [3.8, 4) is 0 Å². The van der Waals surface area contributed by atoms with Crippen LogP contribution in [0.25, 0.3) is 10.8 Å². The number of aromatic nitrogens is 1. The van der Waals surface area contributed by atoms with Crippen LogP contribution in [0.2, 0.25) is 0 Å². The Morgan fingerprint density at radius 1 is 1.18 bits per heavy atom. The zero-order chi connectivity index (χ0) is 20.1. The maximum absolute atomic E-state index is 13.5. The number of nitrogens with one attached hydrogen (secondary N) is 1. The smallest absolute Gasteiger partial charge is 0.265 e. The summed E-state index contributed by atoms with van der Waals surface area (Å²) in [6, 6.07) is 11.4. The summed E-state index contributed by atoms with van der Waals surface area (Å²) in [5.74, 6) is -1.01. The molecular formula is C20H18FN3O3S. The Hall–Kier alpha value is -3.26. The third kappa shape index (κ3) is 4.01. The monoisotopic (exact) mass is 399 g/mol. The molecule has 1 aromatic heterocycles. The number of carbonyl (C=O) groups is 1. The summed E-state index contributed by atoms with van der Waals surface area (Å²) in [4.78, 5) is 16.3. The Morgan fingerprint density at radius 3 is 2.64 bits per heavy atom. The summed E-state index contributed by atoms with van der Waals surface area (Å²) in [5, 5.41) is 3.69. The Bertz CT molecular complexity index is 1110. The van der Waals surface area contributed by atoms with E-state index in [1.165, 1.54) is 30.5 Å².